The summed E-state index contributed by atoms with van der Waals surface area (Å²) in [5.41, 5.74) is 30.8. The molecule has 5 aliphatic rings. The highest BCUT2D eigenvalue weighted by molar-refractivity contribution is 5.00. The highest BCUT2D eigenvalue weighted by Crippen LogP contribution is 2.37. The van der Waals surface area contributed by atoms with E-state index in [9.17, 15) is 35.7 Å². The van der Waals surface area contributed by atoms with Gasteiger partial charge in [0.05, 0.1) is 43.6 Å². The predicted octanol–water partition coefficient (Wildman–Crippen LogP) is -6.05. The van der Waals surface area contributed by atoms with Crippen molar-refractivity contribution in [2.24, 2.45) is 40.5 Å². The summed E-state index contributed by atoms with van der Waals surface area (Å²) in [6.07, 6.45) is -12.0. The van der Waals surface area contributed by atoms with Crippen LogP contribution >= 0.6 is 0 Å². The lowest BCUT2D eigenvalue weighted by Gasteiger charge is -2.47. The number of hydrogen-bond donors (Lipinski definition) is 13. The zero-order valence-corrected chi connectivity index (χ0v) is 29.0. The zero-order chi connectivity index (χ0) is 37.0. The van der Waals surface area contributed by atoms with Gasteiger partial charge in [-0.1, -0.05) is 0 Å². The highest BCUT2D eigenvalue weighted by Gasteiger charge is 2.54. The van der Waals surface area contributed by atoms with Gasteiger partial charge in [-0.15, -0.1) is 0 Å². The fraction of sp³-hybridized carbons (Fsp3) is 1.00. The quantitative estimate of drug-likeness (QED) is 0.0700. The van der Waals surface area contributed by atoms with E-state index in [1.165, 1.54) is 0 Å². The second-order valence-corrected chi connectivity index (χ2v) is 15.0. The summed E-state index contributed by atoms with van der Waals surface area (Å²) in [5.74, 6) is 0.0550. The Morgan fingerprint density at radius 2 is 1.39 bits per heavy atom. The lowest BCUT2D eigenvalue weighted by Crippen LogP contribution is -2.64. The van der Waals surface area contributed by atoms with E-state index in [1.54, 1.807) is 0 Å². The highest BCUT2D eigenvalue weighted by atomic mass is 16.8. The van der Waals surface area contributed by atoms with Gasteiger partial charge in [0.15, 0.2) is 18.9 Å². The molecule has 2 saturated carbocycles. The van der Waals surface area contributed by atoms with Crippen LogP contribution in [0.5, 0.6) is 0 Å². The van der Waals surface area contributed by atoms with Crippen LogP contribution in [0.3, 0.4) is 0 Å². The van der Waals surface area contributed by atoms with Crippen molar-refractivity contribution in [3.8, 4) is 0 Å². The molecular formula is C32H62N6O13. The number of nitrogens with two attached hydrogens (primary N) is 5. The first-order valence-corrected chi connectivity index (χ1v) is 18.3. The van der Waals surface area contributed by atoms with Gasteiger partial charge in [0, 0.05) is 25.2 Å². The van der Waals surface area contributed by atoms with Gasteiger partial charge >= 0.3 is 0 Å². The SMILES string of the molecule is NC[C@@H]1O[C@H](O[C@H]2[C@@H](O)[C@H](O[C@@H]3[C@@H](O)[C@H](CCC(O)CO)C[C@H](N)[C@H]3O[C@H]3O[C@H](CNCC4CC(N)C4)CC[C@H]3N)O[C@@H]2CO)[C@H](N)[C@@H](O)[C@@H]1O. The second kappa shape index (κ2) is 18.7. The first-order valence-electron chi connectivity index (χ1n) is 18.3. The molecule has 3 aliphatic heterocycles. The van der Waals surface area contributed by atoms with E-state index in [2.05, 4.69) is 5.32 Å². The van der Waals surface area contributed by atoms with E-state index in [0.717, 1.165) is 25.8 Å². The van der Waals surface area contributed by atoms with Crippen LogP contribution in [0.4, 0.5) is 0 Å². The molecule has 0 aromatic heterocycles. The Balaban J connectivity index is 1.28. The fourth-order valence-corrected chi connectivity index (χ4v) is 7.88. The van der Waals surface area contributed by atoms with Crippen molar-refractivity contribution in [3.63, 3.8) is 0 Å². The van der Waals surface area contributed by atoms with Crippen LogP contribution in [-0.2, 0) is 28.4 Å². The van der Waals surface area contributed by atoms with E-state index in [-0.39, 0.29) is 31.5 Å². The molecule has 18 N–H and O–H groups in total. The molecule has 18 atom stereocenters. The van der Waals surface area contributed by atoms with E-state index in [4.69, 9.17) is 57.1 Å². The zero-order valence-electron chi connectivity index (χ0n) is 29.0. The number of aliphatic hydroxyl groups is 7. The molecule has 3 heterocycles. The van der Waals surface area contributed by atoms with Crippen molar-refractivity contribution in [3.05, 3.63) is 0 Å². The molecule has 0 aromatic rings. The minimum atomic E-state index is -1.56. The summed E-state index contributed by atoms with van der Waals surface area (Å²) in [4.78, 5) is 0. The van der Waals surface area contributed by atoms with Crippen molar-refractivity contribution in [1.29, 1.82) is 0 Å². The maximum absolute atomic E-state index is 11.7. The summed E-state index contributed by atoms with van der Waals surface area (Å²) < 4.78 is 36.5. The van der Waals surface area contributed by atoms with Gasteiger partial charge in [0.25, 0.3) is 0 Å². The Labute approximate surface area is 298 Å². The van der Waals surface area contributed by atoms with Gasteiger partial charge < -0.3 is 98.2 Å². The molecule has 51 heavy (non-hydrogen) atoms. The molecule has 0 aromatic carbocycles. The lowest BCUT2D eigenvalue weighted by molar-refractivity contribution is -0.292. The summed E-state index contributed by atoms with van der Waals surface area (Å²) in [6, 6.07) is -2.16. The van der Waals surface area contributed by atoms with Gasteiger partial charge in [0.2, 0.25) is 0 Å². The molecular weight excluding hydrogens is 676 g/mol. The molecule has 0 spiro atoms. The van der Waals surface area contributed by atoms with Gasteiger partial charge in [-0.05, 0) is 63.3 Å². The normalized spacial score (nSPS) is 48.4. The third-order valence-corrected chi connectivity index (χ3v) is 11.1. The van der Waals surface area contributed by atoms with Crippen molar-refractivity contribution < 1.29 is 64.2 Å². The molecule has 0 bridgehead atoms. The molecule has 0 radical (unpaired) electrons. The summed E-state index contributed by atoms with van der Waals surface area (Å²) in [6.45, 7) is 0.227. The fourth-order valence-electron chi connectivity index (χ4n) is 7.88. The third-order valence-electron chi connectivity index (χ3n) is 11.1. The number of hydrogen-bond acceptors (Lipinski definition) is 19. The van der Waals surface area contributed by atoms with Gasteiger partial charge in [-0.25, -0.2) is 0 Å². The van der Waals surface area contributed by atoms with Gasteiger partial charge in [-0.3, -0.25) is 0 Å². The minimum absolute atomic E-state index is 0.150. The van der Waals surface area contributed by atoms with Crippen LogP contribution in [-0.4, -0.2) is 179 Å². The van der Waals surface area contributed by atoms with Crippen LogP contribution < -0.4 is 34.0 Å². The van der Waals surface area contributed by atoms with Crippen LogP contribution in [0.2, 0.25) is 0 Å². The smallest absolute Gasteiger partial charge is 0.187 e. The molecule has 298 valence electrons. The van der Waals surface area contributed by atoms with Gasteiger partial charge in [-0.2, -0.15) is 0 Å². The van der Waals surface area contributed by atoms with E-state index in [1.807, 2.05) is 0 Å². The number of ether oxygens (including phenoxy) is 6. The summed E-state index contributed by atoms with van der Waals surface area (Å²) in [7, 11) is 0. The van der Waals surface area contributed by atoms with Crippen molar-refractivity contribution in [1.82, 2.24) is 5.32 Å². The third kappa shape index (κ3) is 9.92. The van der Waals surface area contributed by atoms with Crippen LogP contribution in [0.25, 0.3) is 0 Å². The Hall–Kier alpha value is -0.760. The molecule has 2 aliphatic carbocycles. The molecule has 1 unspecified atom stereocenters. The van der Waals surface area contributed by atoms with Crippen LogP contribution in [0, 0.1) is 11.8 Å². The van der Waals surface area contributed by atoms with E-state index >= 15 is 0 Å². The maximum atomic E-state index is 11.7. The average Bonchev–Trinajstić information content (AvgIpc) is 3.40. The largest absolute Gasteiger partial charge is 0.394 e. The van der Waals surface area contributed by atoms with E-state index < -0.39 is 117 Å². The lowest BCUT2D eigenvalue weighted by atomic mass is 9.77. The average molecular weight is 739 g/mol. The number of rotatable bonds is 16. The Morgan fingerprint density at radius 1 is 0.706 bits per heavy atom. The summed E-state index contributed by atoms with van der Waals surface area (Å²) >= 11 is 0. The number of nitrogens with one attached hydrogen (secondary N) is 1. The topological polar surface area (TPSA) is 339 Å². The molecule has 3 saturated heterocycles. The standard InChI is InChI=1S/C32H62N6O13/c33-8-20-24(43)25(44)22(37)31(47-20)50-28-21(12-40)48-32(26(28)45)51-29-23(42)14(1-2-16(41)11-39)7-19(36)27(29)49-30-18(35)4-3-17(46-30)10-38-9-13-5-15(34)6-13/h13-32,38-45H,1-12,33-37H2/t13?,14-,15?,16?,17+,18-,19+,20+,21-,22-,23+,24-,25-,26-,27-,28-,29-,30-,31-,32+/m1/s1. The van der Waals surface area contributed by atoms with Crippen LogP contribution in [0.15, 0.2) is 0 Å². The monoisotopic (exact) mass is 738 g/mol. The Kier molecular flexibility index (Phi) is 15.2. The molecule has 19 nitrogen and oxygen atoms in total. The van der Waals surface area contributed by atoms with Gasteiger partial charge in [0.1, 0.15) is 48.8 Å². The molecule has 5 rings (SSSR count). The minimum Gasteiger partial charge on any atom is -0.394 e. The molecule has 0 amide bonds. The predicted molar refractivity (Wildman–Crippen MR) is 178 cm³/mol. The van der Waals surface area contributed by atoms with Crippen molar-refractivity contribution in [2.45, 2.75) is 155 Å². The first-order chi connectivity index (χ1) is 24.3. The Bertz CT molecular complexity index is 1050. The molecule has 5 fully saturated rings. The van der Waals surface area contributed by atoms with E-state index in [0.29, 0.717) is 25.3 Å². The number of aliphatic hydroxyl groups excluding tert-OH is 7. The molecule has 19 heteroatoms. The first kappa shape index (κ1) is 41.4. The maximum Gasteiger partial charge on any atom is 0.187 e. The Morgan fingerprint density at radius 3 is 2.06 bits per heavy atom. The summed E-state index contributed by atoms with van der Waals surface area (Å²) in [5, 5.41) is 76.8. The van der Waals surface area contributed by atoms with Crippen molar-refractivity contribution >= 4 is 0 Å². The van der Waals surface area contributed by atoms with Crippen LogP contribution in [0.1, 0.15) is 44.9 Å². The second-order valence-electron chi connectivity index (χ2n) is 15.0. The van der Waals surface area contributed by atoms with Crippen molar-refractivity contribution in [2.75, 3.05) is 32.8 Å².